The molecule has 9 heteroatoms. The smallest absolute Gasteiger partial charge is 0.346 e. The van der Waals surface area contributed by atoms with Crippen LogP contribution in [0.2, 0.25) is 0 Å². The number of nitrogens with zero attached hydrogens (tertiary/aromatic N) is 2. The fraction of sp³-hybridized carbons (Fsp3) is 0.500. The maximum Gasteiger partial charge on any atom is 0.405 e. The third-order valence-corrected chi connectivity index (χ3v) is 3.69. The molecule has 2 rings (SSSR count). The highest BCUT2D eigenvalue weighted by atomic mass is 19.4. The Morgan fingerprint density at radius 1 is 1.39 bits per heavy atom. The summed E-state index contributed by atoms with van der Waals surface area (Å²) < 4.78 is 36.6. The Labute approximate surface area is 130 Å². The zero-order valence-corrected chi connectivity index (χ0v) is 12.2. The Morgan fingerprint density at radius 3 is 2.74 bits per heavy atom. The lowest BCUT2D eigenvalue weighted by Crippen LogP contribution is -2.45. The van der Waals surface area contributed by atoms with E-state index in [-0.39, 0.29) is 12.2 Å². The zero-order chi connectivity index (χ0) is 17.0. The van der Waals surface area contributed by atoms with Crippen molar-refractivity contribution in [2.45, 2.75) is 31.6 Å². The standard InChI is InChI=1S/C14H16F3N3O3/c15-14(16,17)9-18-13(21)12-6-3-7-19(12)8-10-4-1-2-5-11(10)20(22)23/h1-2,4-5,12H,3,6-9H2,(H,18,21)/t12-/m1/s1. The molecule has 0 bridgehead atoms. The van der Waals surface area contributed by atoms with E-state index in [0.717, 1.165) is 0 Å². The minimum absolute atomic E-state index is 0.0613. The maximum absolute atomic E-state index is 12.2. The van der Waals surface area contributed by atoms with Crippen LogP contribution in [0.15, 0.2) is 24.3 Å². The number of carbonyl (C=O) groups excluding carboxylic acids is 1. The summed E-state index contributed by atoms with van der Waals surface area (Å²) in [6.07, 6.45) is -3.37. The van der Waals surface area contributed by atoms with E-state index in [9.17, 15) is 28.1 Å². The number of halogens is 3. The van der Waals surface area contributed by atoms with E-state index in [1.807, 2.05) is 5.32 Å². The monoisotopic (exact) mass is 331 g/mol. The van der Waals surface area contributed by atoms with E-state index in [2.05, 4.69) is 0 Å². The number of carbonyl (C=O) groups is 1. The minimum Gasteiger partial charge on any atom is -0.346 e. The number of likely N-dealkylation sites (tertiary alicyclic amines) is 1. The Hall–Kier alpha value is -2.16. The normalized spacial score (nSPS) is 18.8. The lowest BCUT2D eigenvalue weighted by molar-refractivity contribution is -0.385. The van der Waals surface area contributed by atoms with Crippen LogP contribution < -0.4 is 5.32 Å². The first-order chi connectivity index (χ1) is 10.8. The van der Waals surface area contributed by atoms with Gasteiger partial charge < -0.3 is 5.32 Å². The van der Waals surface area contributed by atoms with Gasteiger partial charge in [0.1, 0.15) is 6.54 Å². The summed E-state index contributed by atoms with van der Waals surface area (Å²) in [4.78, 5) is 24.1. The van der Waals surface area contributed by atoms with Gasteiger partial charge >= 0.3 is 6.18 Å². The molecule has 126 valence electrons. The summed E-state index contributed by atoms with van der Waals surface area (Å²) in [7, 11) is 0. The molecule has 1 atom stereocenters. The molecule has 6 nitrogen and oxygen atoms in total. The highest BCUT2D eigenvalue weighted by Gasteiger charge is 2.34. The average Bonchev–Trinajstić information content (AvgIpc) is 2.92. The average molecular weight is 331 g/mol. The summed E-state index contributed by atoms with van der Waals surface area (Å²) in [6.45, 7) is -0.709. The molecule has 1 aromatic rings. The maximum atomic E-state index is 12.2. The molecule has 1 amide bonds. The van der Waals surface area contributed by atoms with Gasteiger partial charge in [0, 0.05) is 18.2 Å². The van der Waals surface area contributed by atoms with Crippen molar-refractivity contribution in [2.24, 2.45) is 0 Å². The quantitative estimate of drug-likeness (QED) is 0.663. The summed E-state index contributed by atoms with van der Waals surface area (Å²) >= 11 is 0. The van der Waals surface area contributed by atoms with Crippen LogP contribution in [0.4, 0.5) is 18.9 Å². The molecule has 1 aliphatic heterocycles. The van der Waals surface area contributed by atoms with Crippen molar-refractivity contribution in [3.8, 4) is 0 Å². The van der Waals surface area contributed by atoms with Crippen LogP contribution in [-0.2, 0) is 11.3 Å². The Balaban J connectivity index is 2.05. The molecule has 0 unspecified atom stereocenters. The Bertz CT molecular complexity index is 592. The van der Waals surface area contributed by atoms with Crippen LogP contribution in [0, 0.1) is 10.1 Å². The molecule has 23 heavy (non-hydrogen) atoms. The molecule has 0 aliphatic carbocycles. The molecule has 1 saturated heterocycles. The van der Waals surface area contributed by atoms with Gasteiger partial charge in [0.2, 0.25) is 5.91 Å². The van der Waals surface area contributed by atoms with Crippen LogP contribution in [0.25, 0.3) is 0 Å². The number of nitro benzene ring substituents is 1. The number of rotatable bonds is 5. The first-order valence-corrected chi connectivity index (χ1v) is 7.09. The van der Waals surface area contributed by atoms with Gasteiger partial charge in [0.15, 0.2) is 0 Å². The second kappa shape index (κ2) is 6.95. The number of amides is 1. The lowest BCUT2D eigenvalue weighted by atomic mass is 10.1. The van der Waals surface area contributed by atoms with Gasteiger partial charge in [0.05, 0.1) is 11.0 Å². The van der Waals surface area contributed by atoms with Crippen LogP contribution in [0.5, 0.6) is 0 Å². The number of nitro groups is 1. The molecule has 0 aromatic heterocycles. The minimum atomic E-state index is -4.46. The van der Waals surface area contributed by atoms with Gasteiger partial charge in [-0.25, -0.2) is 0 Å². The van der Waals surface area contributed by atoms with Gasteiger partial charge in [-0.05, 0) is 19.4 Å². The fourth-order valence-electron chi connectivity index (χ4n) is 2.66. The van der Waals surface area contributed by atoms with Crippen molar-refractivity contribution in [3.05, 3.63) is 39.9 Å². The number of para-hydroxylation sites is 1. The van der Waals surface area contributed by atoms with E-state index in [1.165, 1.54) is 6.07 Å². The third-order valence-electron chi connectivity index (χ3n) is 3.69. The van der Waals surface area contributed by atoms with Crippen molar-refractivity contribution >= 4 is 11.6 Å². The molecule has 0 spiro atoms. The van der Waals surface area contributed by atoms with Gasteiger partial charge in [0.25, 0.3) is 5.69 Å². The van der Waals surface area contributed by atoms with Crippen molar-refractivity contribution in [1.29, 1.82) is 0 Å². The van der Waals surface area contributed by atoms with E-state index >= 15 is 0 Å². The summed E-state index contributed by atoms with van der Waals surface area (Å²) in [6, 6.07) is 5.44. The van der Waals surface area contributed by atoms with Crippen molar-refractivity contribution < 1.29 is 22.9 Å². The van der Waals surface area contributed by atoms with Crippen molar-refractivity contribution in [1.82, 2.24) is 10.2 Å². The van der Waals surface area contributed by atoms with Crippen molar-refractivity contribution in [3.63, 3.8) is 0 Å². The number of nitrogens with one attached hydrogen (secondary N) is 1. The molecular weight excluding hydrogens is 315 g/mol. The topological polar surface area (TPSA) is 75.5 Å². The van der Waals surface area contributed by atoms with Crippen LogP contribution in [0.1, 0.15) is 18.4 Å². The molecule has 1 aliphatic rings. The van der Waals surface area contributed by atoms with Gasteiger partial charge in [-0.15, -0.1) is 0 Å². The van der Waals surface area contributed by atoms with Crippen LogP contribution >= 0.6 is 0 Å². The molecular formula is C14H16F3N3O3. The predicted molar refractivity (Wildman–Crippen MR) is 75.6 cm³/mol. The summed E-state index contributed by atoms with van der Waals surface area (Å²) in [5.74, 6) is -0.696. The highest BCUT2D eigenvalue weighted by molar-refractivity contribution is 5.82. The molecule has 0 saturated carbocycles. The summed E-state index contributed by atoms with van der Waals surface area (Å²) in [5, 5.41) is 12.9. The van der Waals surface area contributed by atoms with E-state index in [4.69, 9.17) is 0 Å². The zero-order valence-electron chi connectivity index (χ0n) is 12.2. The molecule has 1 aromatic carbocycles. The fourth-order valence-corrected chi connectivity index (χ4v) is 2.66. The molecule has 1 N–H and O–H groups in total. The van der Waals surface area contributed by atoms with E-state index < -0.39 is 29.6 Å². The predicted octanol–water partition coefficient (Wildman–Crippen LogP) is 2.24. The SMILES string of the molecule is O=C(NCC(F)(F)F)[C@H]1CCCN1Cc1ccccc1[N+](=O)[O-]. The second-order valence-corrected chi connectivity index (χ2v) is 5.35. The Kier molecular flexibility index (Phi) is 5.19. The van der Waals surface area contributed by atoms with Gasteiger partial charge in [-0.3, -0.25) is 19.8 Å². The second-order valence-electron chi connectivity index (χ2n) is 5.35. The van der Waals surface area contributed by atoms with Gasteiger partial charge in [-0.2, -0.15) is 13.2 Å². The van der Waals surface area contributed by atoms with Crippen molar-refractivity contribution in [2.75, 3.05) is 13.1 Å². The van der Waals surface area contributed by atoms with E-state index in [0.29, 0.717) is 24.9 Å². The number of hydrogen-bond acceptors (Lipinski definition) is 4. The van der Waals surface area contributed by atoms with Crippen LogP contribution in [-0.4, -0.2) is 41.0 Å². The largest absolute Gasteiger partial charge is 0.405 e. The lowest BCUT2D eigenvalue weighted by Gasteiger charge is -2.23. The first-order valence-electron chi connectivity index (χ1n) is 7.09. The van der Waals surface area contributed by atoms with Crippen LogP contribution in [0.3, 0.4) is 0 Å². The molecule has 1 fully saturated rings. The molecule has 1 heterocycles. The highest BCUT2D eigenvalue weighted by Crippen LogP contribution is 2.25. The van der Waals surface area contributed by atoms with E-state index in [1.54, 1.807) is 23.1 Å². The number of alkyl halides is 3. The Morgan fingerprint density at radius 2 is 2.09 bits per heavy atom. The number of hydrogen-bond donors (Lipinski definition) is 1. The summed E-state index contributed by atoms with van der Waals surface area (Å²) in [5.41, 5.74) is 0.377. The molecule has 0 radical (unpaired) electrons. The third kappa shape index (κ3) is 4.65. The first kappa shape index (κ1) is 17.2. The number of benzene rings is 1. The van der Waals surface area contributed by atoms with Gasteiger partial charge in [-0.1, -0.05) is 18.2 Å².